The summed E-state index contributed by atoms with van der Waals surface area (Å²) in [6.07, 6.45) is 1.35. The molecule has 15 heavy (non-hydrogen) atoms. The van der Waals surface area contributed by atoms with Gasteiger partial charge in [-0.3, -0.25) is 0 Å². The van der Waals surface area contributed by atoms with E-state index in [2.05, 4.69) is 10.1 Å². The third kappa shape index (κ3) is 1.92. The second kappa shape index (κ2) is 3.86. The lowest BCUT2D eigenvalue weighted by Crippen LogP contribution is -2.07. The minimum Gasteiger partial charge on any atom is -0.411 e. The maximum absolute atomic E-state index is 8.42. The molecule has 0 saturated heterocycles. The van der Waals surface area contributed by atoms with Crippen molar-refractivity contribution in [3.05, 3.63) is 23.2 Å². The van der Waals surface area contributed by atoms with Crippen molar-refractivity contribution in [1.82, 2.24) is 4.98 Å². The molecule has 2 rings (SSSR count). The molecule has 0 fully saturated rings. The summed E-state index contributed by atoms with van der Waals surface area (Å²) in [5, 5.41) is 12.1. The second-order valence-corrected chi connectivity index (χ2v) is 4.41. The van der Waals surface area contributed by atoms with Crippen molar-refractivity contribution in [2.45, 2.75) is 0 Å². The number of hydrogen-bond acceptors (Lipinski definition) is 5. The maximum atomic E-state index is 8.42. The highest BCUT2D eigenvalue weighted by Crippen LogP contribution is 2.25. The highest BCUT2D eigenvalue weighted by atomic mass is 32.1. The standard InChI is InChI=1S/C10H11N3OS/c1-13(2)7-3-4-9-8(5-7)12-10(15-9)6-11-14/h3-6,14H,1-2H3/b11-6+. The van der Waals surface area contributed by atoms with E-state index in [9.17, 15) is 0 Å². The summed E-state index contributed by atoms with van der Waals surface area (Å²) in [5.41, 5.74) is 2.04. The lowest BCUT2D eigenvalue weighted by Gasteiger charge is -2.11. The highest BCUT2D eigenvalue weighted by molar-refractivity contribution is 7.20. The molecule has 0 aliphatic carbocycles. The van der Waals surface area contributed by atoms with Gasteiger partial charge in [0.05, 0.1) is 10.2 Å². The molecule has 1 heterocycles. The zero-order valence-corrected chi connectivity index (χ0v) is 9.32. The smallest absolute Gasteiger partial charge is 0.139 e. The van der Waals surface area contributed by atoms with Crippen molar-refractivity contribution < 1.29 is 5.21 Å². The van der Waals surface area contributed by atoms with E-state index < -0.39 is 0 Å². The van der Waals surface area contributed by atoms with Gasteiger partial charge in [-0.1, -0.05) is 5.16 Å². The first-order valence-electron chi connectivity index (χ1n) is 4.46. The number of oxime groups is 1. The molecule has 0 radical (unpaired) electrons. The van der Waals surface area contributed by atoms with Gasteiger partial charge in [-0.2, -0.15) is 0 Å². The number of hydrogen-bond donors (Lipinski definition) is 1. The van der Waals surface area contributed by atoms with Crippen molar-refractivity contribution in [1.29, 1.82) is 0 Å². The van der Waals surface area contributed by atoms with Crippen molar-refractivity contribution in [2.24, 2.45) is 5.16 Å². The lowest BCUT2D eigenvalue weighted by molar-refractivity contribution is 0.322. The summed E-state index contributed by atoms with van der Waals surface area (Å²) in [5.74, 6) is 0. The molecule has 2 aromatic rings. The SMILES string of the molecule is CN(C)c1ccc2sc(/C=N/O)nc2c1. The molecule has 4 nitrogen and oxygen atoms in total. The summed E-state index contributed by atoms with van der Waals surface area (Å²) >= 11 is 1.50. The Hall–Kier alpha value is -1.62. The Morgan fingerprint density at radius 2 is 2.27 bits per heavy atom. The van der Waals surface area contributed by atoms with Gasteiger partial charge in [-0.15, -0.1) is 11.3 Å². The van der Waals surface area contributed by atoms with E-state index in [1.54, 1.807) is 0 Å². The number of fused-ring (bicyclic) bond motifs is 1. The molecule has 0 amide bonds. The van der Waals surface area contributed by atoms with Gasteiger partial charge >= 0.3 is 0 Å². The fourth-order valence-electron chi connectivity index (χ4n) is 1.32. The van der Waals surface area contributed by atoms with Gasteiger partial charge in [-0.05, 0) is 18.2 Å². The number of anilines is 1. The summed E-state index contributed by atoms with van der Waals surface area (Å²) in [6, 6.07) is 6.08. The van der Waals surface area contributed by atoms with Crippen LogP contribution in [0.4, 0.5) is 5.69 Å². The zero-order valence-electron chi connectivity index (χ0n) is 8.51. The quantitative estimate of drug-likeness (QED) is 0.480. The van der Waals surface area contributed by atoms with Crippen LogP contribution >= 0.6 is 11.3 Å². The molecule has 0 saturated carbocycles. The molecule has 0 unspecified atom stereocenters. The number of aromatic nitrogens is 1. The molecule has 0 spiro atoms. The molecule has 0 aliphatic rings. The van der Waals surface area contributed by atoms with Gasteiger partial charge in [0, 0.05) is 19.8 Å². The Kier molecular flexibility index (Phi) is 2.55. The molecular weight excluding hydrogens is 210 g/mol. The molecule has 0 atom stereocenters. The van der Waals surface area contributed by atoms with Gasteiger partial charge in [0.2, 0.25) is 0 Å². The number of benzene rings is 1. The van der Waals surface area contributed by atoms with Crippen molar-refractivity contribution in [3.63, 3.8) is 0 Å². The van der Waals surface area contributed by atoms with Crippen LogP contribution in [0.15, 0.2) is 23.4 Å². The summed E-state index contributed by atoms with van der Waals surface area (Å²) in [7, 11) is 3.98. The van der Waals surface area contributed by atoms with E-state index >= 15 is 0 Å². The third-order valence-electron chi connectivity index (χ3n) is 2.07. The minimum atomic E-state index is 0.711. The maximum Gasteiger partial charge on any atom is 0.139 e. The molecule has 0 bridgehead atoms. The Labute approximate surface area is 91.5 Å². The van der Waals surface area contributed by atoms with E-state index in [1.165, 1.54) is 17.6 Å². The van der Waals surface area contributed by atoms with Gasteiger partial charge in [0.25, 0.3) is 0 Å². The van der Waals surface area contributed by atoms with Crippen LogP contribution in [0.2, 0.25) is 0 Å². The van der Waals surface area contributed by atoms with Crippen LogP contribution < -0.4 is 4.90 Å². The summed E-state index contributed by atoms with van der Waals surface area (Å²) < 4.78 is 1.09. The van der Waals surface area contributed by atoms with Crippen LogP contribution in [0.1, 0.15) is 5.01 Å². The first kappa shape index (κ1) is 9.92. The monoisotopic (exact) mass is 221 g/mol. The van der Waals surface area contributed by atoms with E-state index in [-0.39, 0.29) is 0 Å². The molecule has 1 aromatic heterocycles. The highest BCUT2D eigenvalue weighted by Gasteiger charge is 2.03. The molecule has 5 heteroatoms. The Balaban J connectivity index is 2.52. The fraction of sp³-hybridized carbons (Fsp3) is 0.200. The first-order chi connectivity index (χ1) is 7.20. The fourth-order valence-corrected chi connectivity index (χ4v) is 2.13. The normalized spacial score (nSPS) is 11.3. The van der Waals surface area contributed by atoms with Crippen molar-refractivity contribution >= 4 is 33.5 Å². The van der Waals surface area contributed by atoms with Crippen LogP contribution in [0.5, 0.6) is 0 Å². The van der Waals surface area contributed by atoms with Crippen LogP contribution in [-0.2, 0) is 0 Å². The van der Waals surface area contributed by atoms with Crippen molar-refractivity contribution in [3.8, 4) is 0 Å². The Bertz CT molecular complexity index is 504. The number of nitrogens with zero attached hydrogens (tertiary/aromatic N) is 3. The van der Waals surface area contributed by atoms with E-state index in [0.717, 1.165) is 15.9 Å². The number of thiazole rings is 1. The van der Waals surface area contributed by atoms with Crippen LogP contribution in [0, 0.1) is 0 Å². The molecule has 1 aromatic carbocycles. The van der Waals surface area contributed by atoms with Crippen molar-refractivity contribution in [2.75, 3.05) is 19.0 Å². The molecule has 0 aliphatic heterocycles. The topological polar surface area (TPSA) is 48.7 Å². The lowest BCUT2D eigenvalue weighted by atomic mass is 10.3. The summed E-state index contributed by atoms with van der Waals surface area (Å²) in [4.78, 5) is 6.35. The largest absolute Gasteiger partial charge is 0.411 e. The Morgan fingerprint density at radius 1 is 1.47 bits per heavy atom. The van der Waals surface area contributed by atoms with Gasteiger partial charge < -0.3 is 10.1 Å². The van der Waals surface area contributed by atoms with Gasteiger partial charge in [-0.25, -0.2) is 4.98 Å². The van der Waals surface area contributed by atoms with E-state index in [1.807, 2.05) is 37.2 Å². The van der Waals surface area contributed by atoms with Gasteiger partial charge in [0.1, 0.15) is 11.2 Å². The van der Waals surface area contributed by atoms with Crippen LogP contribution in [0.25, 0.3) is 10.2 Å². The summed E-state index contributed by atoms with van der Waals surface area (Å²) in [6.45, 7) is 0. The average Bonchev–Trinajstić information content (AvgIpc) is 2.59. The second-order valence-electron chi connectivity index (χ2n) is 3.34. The van der Waals surface area contributed by atoms with E-state index in [0.29, 0.717) is 5.01 Å². The predicted octanol–water partition coefficient (Wildman–Crippen LogP) is 2.17. The molecule has 1 N–H and O–H groups in total. The molecule has 78 valence electrons. The first-order valence-corrected chi connectivity index (χ1v) is 5.27. The minimum absolute atomic E-state index is 0.711. The van der Waals surface area contributed by atoms with Crippen LogP contribution in [0.3, 0.4) is 0 Å². The molecular formula is C10H11N3OS. The number of rotatable bonds is 2. The van der Waals surface area contributed by atoms with E-state index in [4.69, 9.17) is 5.21 Å². The average molecular weight is 221 g/mol. The third-order valence-corrected chi connectivity index (χ3v) is 3.04. The Morgan fingerprint density at radius 3 is 2.93 bits per heavy atom. The van der Waals surface area contributed by atoms with Gasteiger partial charge in [0.15, 0.2) is 0 Å². The zero-order chi connectivity index (χ0) is 10.8. The predicted molar refractivity (Wildman–Crippen MR) is 63.3 cm³/mol. The van der Waals surface area contributed by atoms with Crippen LogP contribution in [-0.4, -0.2) is 30.5 Å².